The molecule has 0 aliphatic rings. The molecule has 0 heterocycles. The van der Waals surface area contributed by atoms with Gasteiger partial charge in [0.1, 0.15) is 0 Å². The SMILES string of the molecule is c1ccc(-c2ccccc2-c2cccc(-c3c4ccccc4c(-c4ccccc4-c4ccccc4)c4ccccc34)c2)cc1. The van der Waals surface area contributed by atoms with Crippen LogP contribution in [-0.4, -0.2) is 0 Å². The maximum Gasteiger partial charge on any atom is -0.00201 e. The number of hydrogen-bond donors (Lipinski definition) is 0. The highest BCUT2D eigenvalue weighted by Crippen LogP contribution is 2.46. The van der Waals surface area contributed by atoms with Crippen molar-refractivity contribution in [1.29, 1.82) is 0 Å². The predicted octanol–water partition coefficient (Wildman–Crippen LogP) is 12.3. The lowest BCUT2D eigenvalue weighted by molar-refractivity contribution is 1.58. The maximum atomic E-state index is 2.37. The fourth-order valence-electron chi connectivity index (χ4n) is 6.75. The Kier molecular flexibility index (Phi) is 6.59. The van der Waals surface area contributed by atoms with Crippen molar-refractivity contribution < 1.29 is 0 Å². The molecule has 0 N–H and O–H groups in total. The van der Waals surface area contributed by atoms with Crippen LogP contribution in [0.1, 0.15) is 0 Å². The first-order valence-corrected chi connectivity index (χ1v) is 15.2. The molecule has 0 amide bonds. The zero-order chi connectivity index (χ0) is 29.3. The molecule has 0 bridgehead atoms. The molecule has 0 radical (unpaired) electrons. The Bertz CT molecular complexity index is 2200. The first-order valence-electron chi connectivity index (χ1n) is 15.2. The summed E-state index contributed by atoms with van der Waals surface area (Å²) in [4.78, 5) is 0. The Morgan fingerprint density at radius 3 is 1.07 bits per heavy atom. The molecule has 8 aromatic carbocycles. The predicted molar refractivity (Wildman–Crippen MR) is 189 cm³/mol. The summed E-state index contributed by atoms with van der Waals surface area (Å²) in [5.74, 6) is 0. The van der Waals surface area contributed by atoms with E-state index in [4.69, 9.17) is 0 Å². The van der Waals surface area contributed by atoms with E-state index in [0.717, 1.165) is 0 Å². The minimum absolute atomic E-state index is 1.22. The third kappa shape index (κ3) is 4.49. The van der Waals surface area contributed by atoms with E-state index in [1.165, 1.54) is 77.2 Å². The van der Waals surface area contributed by atoms with E-state index >= 15 is 0 Å². The molecule has 0 heteroatoms. The van der Waals surface area contributed by atoms with Gasteiger partial charge in [-0.05, 0) is 83.2 Å². The van der Waals surface area contributed by atoms with Crippen molar-refractivity contribution in [1.82, 2.24) is 0 Å². The Morgan fingerprint density at radius 2 is 0.545 bits per heavy atom. The molecule has 0 fully saturated rings. The van der Waals surface area contributed by atoms with Gasteiger partial charge in [-0.25, -0.2) is 0 Å². The summed E-state index contributed by atoms with van der Waals surface area (Å²) in [5, 5.41) is 5.05. The molecule has 0 aliphatic carbocycles. The van der Waals surface area contributed by atoms with Gasteiger partial charge in [-0.1, -0.05) is 176 Å². The molecule has 0 nitrogen and oxygen atoms in total. The third-order valence-corrected chi connectivity index (χ3v) is 8.69. The normalized spacial score (nSPS) is 11.2. The standard InChI is InChI=1S/C44H30/c1-3-16-31(17-4-1)35-22-7-8-24-37(35)33-20-15-21-34(30-33)43-39-26-11-13-28-41(39)44(42-29-14-12-27-40(42)43)38-25-10-9-23-36(38)32-18-5-2-6-19-32/h1-30H. The lowest BCUT2D eigenvalue weighted by atomic mass is 9.83. The molecule has 0 atom stereocenters. The van der Waals surface area contributed by atoms with Gasteiger partial charge in [0.2, 0.25) is 0 Å². The average Bonchev–Trinajstić information content (AvgIpc) is 3.11. The summed E-state index contributed by atoms with van der Waals surface area (Å²) >= 11 is 0. The molecule has 0 aromatic heterocycles. The van der Waals surface area contributed by atoms with Gasteiger partial charge in [0, 0.05) is 0 Å². The first kappa shape index (κ1) is 25.9. The highest BCUT2D eigenvalue weighted by Gasteiger charge is 2.19. The number of benzene rings is 8. The van der Waals surface area contributed by atoms with Crippen LogP contribution in [0.5, 0.6) is 0 Å². The fraction of sp³-hybridized carbons (Fsp3) is 0. The zero-order valence-corrected chi connectivity index (χ0v) is 24.3. The van der Waals surface area contributed by atoms with E-state index in [1.54, 1.807) is 0 Å². The largest absolute Gasteiger partial charge is 0.0622 e. The quantitative estimate of drug-likeness (QED) is 0.184. The van der Waals surface area contributed by atoms with E-state index in [0.29, 0.717) is 0 Å². The van der Waals surface area contributed by atoms with Crippen molar-refractivity contribution in [3.05, 3.63) is 182 Å². The molecule has 206 valence electrons. The van der Waals surface area contributed by atoms with Gasteiger partial charge in [0.15, 0.2) is 0 Å². The third-order valence-electron chi connectivity index (χ3n) is 8.69. The van der Waals surface area contributed by atoms with E-state index in [-0.39, 0.29) is 0 Å². The number of fused-ring (bicyclic) bond motifs is 2. The molecule has 8 aromatic rings. The van der Waals surface area contributed by atoms with Gasteiger partial charge in [-0.2, -0.15) is 0 Å². The molecule has 8 rings (SSSR count). The summed E-state index contributed by atoms with van der Waals surface area (Å²) < 4.78 is 0. The van der Waals surface area contributed by atoms with Crippen LogP contribution in [0.4, 0.5) is 0 Å². The van der Waals surface area contributed by atoms with Crippen LogP contribution in [-0.2, 0) is 0 Å². The van der Waals surface area contributed by atoms with Gasteiger partial charge in [0.25, 0.3) is 0 Å². The van der Waals surface area contributed by atoms with E-state index in [1.807, 2.05) is 0 Å². The molecule has 0 spiro atoms. The Morgan fingerprint density at radius 1 is 0.205 bits per heavy atom. The average molecular weight is 559 g/mol. The summed E-state index contributed by atoms with van der Waals surface area (Å²) in [6, 6.07) is 65.9. The van der Waals surface area contributed by atoms with Gasteiger partial charge in [0.05, 0.1) is 0 Å². The number of hydrogen-bond acceptors (Lipinski definition) is 0. The van der Waals surface area contributed by atoms with Crippen LogP contribution in [0, 0.1) is 0 Å². The second-order valence-corrected chi connectivity index (χ2v) is 11.2. The fourth-order valence-corrected chi connectivity index (χ4v) is 6.75. The lowest BCUT2D eigenvalue weighted by Crippen LogP contribution is -1.93. The van der Waals surface area contributed by atoms with Gasteiger partial charge >= 0.3 is 0 Å². The minimum Gasteiger partial charge on any atom is -0.0622 e. The van der Waals surface area contributed by atoms with Crippen molar-refractivity contribution >= 4 is 21.5 Å². The maximum absolute atomic E-state index is 2.37. The highest BCUT2D eigenvalue weighted by atomic mass is 14.2. The van der Waals surface area contributed by atoms with Crippen LogP contribution >= 0.6 is 0 Å². The van der Waals surface area contributed by atoms with Crippen molar-refractivity contribution in [3.63, 3.8) is 0 Å². The van der Waals surface area contributed by atoms with Crippen LogP contribution in [0.3, 0.4) is 0 Å². The number of rotatable bonds is 5. The zero-order valence-electron chi connectivity index (χ0n) is 24.3. The smallest absolute Gasteiger partial charge is 0.00201 e. The Balaban J connectivity index is 1.39. The summed E-state index contributed by atoms with van der Waals surface area (Å²) in [7, 11) is 0. The lowest BCUT2D eigenvalue weighted by Gasteiger charge is -2.20. The second kappa shape index (κ2) is 11.2. The highest BCUT2D eigenvalue weighted by molar-refractivity contribution is 6.22. The van der Waals surface area contributed by atoms with Crippen LogP contribution in [0.2, 0.25) is 0 Å². The molecule has 0 unspecified atom stereocenters. The van der Waals surface area contributed by atoms with Gasteiger partial charge < -0.3 is 0 Å². The van der Waals surface area contributed by atoms with Crippen molar-refractivity contribution in [3.8, 4) is 55.6 Å². The molecular formula is C44H30. The first-order chi connectivity index (χ1) is 21.9. The van der Waals surface area contributed by atoms with E-state index < -0.39 is 0 Å². The summed E-state index contributed by atoms with van der Waals surface area (Å²) in [6.45, 7) is 0. The van der Waals surface area contributed by atoms with Crippen LogP contribution in [0.15, 0.2) is 182 Å². The second-order valence-electron chi connectivity index (χ2n) is 11.2. The minimum atomic E-state index is 1.22. The molecular weight excluding hydrogens is 528 g/mol. The summed E-state index contributed by atoms with van der Waals surface area (Å²) in [6.07, 6.45) is 0. The molecule has 0 aliphatic heterocycles. The summed E-state index contributed by atoms with van der Waals surface area (Å²) in [5.41, 5.74) is 12.4. The van der Waals surface area contributed by atoms with Crippen molar-refractivity contribution in [2.24, 2.45) is 0 Å². The van der Waals surface area contributed by atoms with E-state index in [2.05, 4.69) is 182 Å². The van der Waals surface area contributed by atoms with E-state index in [9.17, 15) is 0 Å². The van der Waals surface area contributed by atoms with Gasteiger partial charge in [-0.3, -0.25) is 0 Å². The van der Waals surface area contributed by atoms with Crippen LogP contribution < -0.4 is 0 Å². The van der Waals surface area contributed by atoms with Crippen molar-refractivity contribution in [2.45, 2.75) is 0 Å². The Hall–Kier alpha value is -5.72. The monoisotopic (exact) mass is 558 g/mol. The molecule has 0 saturated heterocycles. The molecule has 0 saturated carbocycles. The van der Waals surface area contributed by atoms with Crippen LogP contribution in [0.25, 0.3) is 77.2 Å². The molecule has 44 heavy (non-hydrogen) atoms. The van der Waals surface area contributed by atoms with Crippen molar-refractivity contribution in [2.75, 3.05) is 0 Å². The topological polar surface area (TPSA) is 0 Å². The Labute approximate surface area is 258 Å². The van der Waals surface area contributed by atoms with Gasteiger partial charge in [-0.15, -0.1) is 0 Å².